The highest BCUT2D eigenvalue weighted by Crippen LogP contribution is 2.51. The van der Waals surface area contributed by atoms with Crippen LogP contribution in [0.15, 0.2) is 0 Å². The third-order valence-electron chi connectivity index (χ3n) is 33.6. The predicted molar refractivity (Wildman–Crippen MR) is 561 cm³/mol. The Morgan fingerprint density at radius 3 is 0.613 bits per heavy atom. The van der Waals surface area contributed by atoms with Gasteiger partial charge in [-0.25, -0.2) is 26.3 Å². The van der Waals surface area contributed by atoms with Crippen molar-refractivity contribution in [2.24, 2.45) is 88.1 Å². The van der Waals surface area contributed by atoms with Crippen LogP contribution >= 0.6 is 0 Å². The van der Waals surface area contributed by atoms with Crippen LogP contribution in [0, 0.1) is 88.1 Å². The number of rotatable bonds is 49. The Bertz CT molecular complexity index is 2100. The topological polar surface area (TPSA) is 9.23 Å². The minimum absolute atomic E-state index is 0.193. The van der Waals surface area contributed by atoms with E-state index in [1.165, 1.54) is 109 Å². The zero-order chi connectivity index (χ0) is 100. The van der Waals surface area contributed by atoms with E-state index in [9.17, 15) is 26.3 Å². The fourth-order valence-electron chi connectivity index (χ4n) is 17.3. The van der Waals surface area contributed by atoms with Crippen molar-refractivity contribution in [1.82, 2.24) is 0 Å². The van der Waals surface area contributed by atoms with E-state index in [0.29, 0.717) is 89.3 Å². The molecule has 7 heteroatoms. The molecule has 2 fully saturated rings. The average molecular weight is 1780 g/mol. The van der Waals surface area contributed by atoms with Gasteiger partial charge in [0.2, 0.25) is 0 Å². The van der Waals surface area contributed by atoms with E-state index in [1.54, 1.807) is 34.6 Å². The summed E-state index contributed by atoms with van der Waals surface area (Å²) in [7, 11) is 0. The summed E-state index contributed by atoms with van der Waals surface area (Å²) in [5.74, 6) is 2.66. The van der Waals surface area contributed by atoms with Gasteiger partial charge >= 0.3 is 0 Å². The first-order chi connectivity index (χ1) is 56.2. The average Bonchev–Trinajstić information content (AvgIpc) is 1.21. The van der Waals surface area contributed by atoms with E-state index < -0.39 is 34.5 Å². The lowest BCUT2D eigenvalue weighted by Gasteiger charge is -2.44. The Balaban J connectivity index is -0.000000168. The van der Waals surface area contributed by atoms with Gasteiger partial charge in [-0.2, -0.15) is 0 Å². The van der Waals surface area contributed by atoms with Crippen LogP contribution in [0.5, 0.6) is 0 Å². The van der Waals surface area contributed by atoms with E-state index in [2.05, 4.69) is 298 Å². The highest BCUT2D eigenvalue weighted by Gasteiger charge is 2.47. The lowest BCUT2D eigenvalue weighted by molar-refractivity contribution is -0.123. The smallest absolute Gasteiger partial charge is 0.111 e. The maximum Gasteiger partial charge on any atom is 0.111 e. The first-order valence-corrected chi connectivity index (χ1v) is 53.8. The quantitative estimate of drug-likeness (QED) is 0.0552. The molecule has 1 saturated heterocycles. The third-order valence-corrected chi connectivity index (χ3v) is 33.6. The van der Waals surface area contributed by atoms with Crippen molar-refractivity contribution < 1.29 is 31.1 Å². The molecule has 0 N–H and O–H groups in total. The van der Waals surface area contributed by atoms with Crippen LogP contribution in [0.25, 0.3) is 0 Å². The van der Waals surface area contributed by atoms with Gasteiger partial charge in [0.15, 0.2) is 0 Å². The molecule has 762 valence electrons. The molecule has 1 aliphatic heterocycles. The highest BCUT2D eigenvalue weighted by atomic mass is 19.2. The molecule has 1 heterocycles. The summed E-state index contributed by atoms with van der Waals surface area (Å²) in [5.41, 5.74) is 0.471. The first kappa shape index (κ1) is 141. The van der Waals surface area contributed by atoms with Crippen molar-refractivity contribution in [1.29, 1.82) is 0 Å². The van der Waals surface area contributed by atoms with Gasteiger partial charge in [0.05, 0.1) is 13.2 Å². The Labute approximate surface area is 785 Å². The third kappa shape index (κ3) is 73.0. The second-order valence-electron chi connectivity index (χ2n) is 48.7. The Kier molecular flexibility index (Phi) is 77.2. The van der Waals surface area contributed by atoms with Crippen LogP contribution in [0.1, 0.15) is 623 Å². The summed E-state index contributed by atoms with van der Waals surface area (Å²) in [5, 5.41) is 0. The number of hydrogen-bond donors (Lipinski definition) is 0. The molecule has 2 rings (SSSR count). The second-order valence-corrected chi connectivity index (χ2v) is 48.7. The number of alkyl halides is 6. The largest absolute Gasteiger partial charge is 0.380 e. The second kappa shape index (κ2) is 67.7. The van der Waals surface area contributed by atoms with Crippen molar-refractivity contribution in [2.45, 2.75) is 658 Å². The van der Waals surface area contributed by atoms with Gasteiger partial charge in [0, 0.05) is 5.41 Å². The zero-order valence-corrected chi connectivity index (χ0v) is 96.4. The number of ether oxygens (including phenoxy) is 1. The van der Waals surface area contributed by atoms with Gasteiger partial charge in [-0.05, 0) is 227 Å². The van der Waals surface area contributed by atoms with Crippen LogP contribution in [0.2, 0.25) is 0 Å². The molecule has 2 aliphatic rings. The highest BCUT2D eigenvalue weighted by molar-refractivity contribution is 4.98. The van der Waals surface area contributed by atoms with Crippen LogP contribution in [-0.2, 0) is 4.74 Å². The fraction of sp³-hybridized carbons (Fsp3) is 1.00. The molecular weight excluding hydrogens is 1540 g/mol. The fourth-order valence-corrected chi connectivity index (χ4v) is 17.3. The standard InChI is InChI=1S/3C11H23F.C11H22O.3C11H24.C10H19F.2C10H21F.C10H22/c3*1-6-10(4,7-2)9-11(5,12)8-3;1-5-10(3,6-2)7-11(4)8-12-9-11;1-7-11(6,8-2)9-10(3,4)5;2*1-6-10(4)9-11(5,7-2)8-3;1-4-9(3,5-2)8-10(11)6-7-10;1-6-10(5,7-2)8-9(3,4)11;1-5-9(11)8-10(4,6-2)7-3;1-6-10(5,7-2)8-9(3)4/h3*6-9H2,1-5H3;5-9H2,1-4H3;7-9H2,1-6H3;2*10H,6-9H2,1-5H3;4-8H2,1-3H3;6-8H2,1-5H3;9H,5-8H2,1-4H3;9H,6-8H2,1-5H3. The van der Waals surface area contributed by atoms with Crippen LogP contribution < -0.4 is 0 Å². The molecular formula is C117H246F6O. The summed E-state index contributed by atoms with van der Waals surface area (Å²) in [6.45, 7) is 115. The van der Waals surface area contributed by atoms with Crippen molar-refractivity contribution in [2.75, 3.05) is 13.2 Å². The lowest BCUT2D eigenvalue weighted by atomic mass is 9.69. The van der Waals surface area contributed by atoms with Gasteiger partial charge in [0.25, 0.3) is 0 Å². The molecule has 1 saturated carbocycles. The molecule has 0 aromatic heterocycles. The number of halogens is 6. The summed E-state index contributed by atoms with van der Waals surface area (Å²) >= 11 is 0. The molecule has 0 amide bonds. The number of hydrogen-bond acceptors (Lipinski definition) is 1. The van der Waals surface area contributed by atoms with Crippen molar-refractivity contribution in [3.8, 4) is 0 Å². The maximum atomic E-state index is 13.7. The monoisotopic (exact) mass is 1780 g/mol. The molecule has 0 bridgehead atoms. The molecule has 6 unspecified atom stereocenters. The SMILES string of the molecule is CCC(C)(CC)CC(C)(C)C.CCC(C)(CC)CC(C)(C)F.CCC(C)(CC)CC(C)C.CCC(C)(CC)CC1(C)COC1.CCC(C)(CC)CC1(F)CC1.CCC(C)(F)CC(C)(CC)CC.CCC(C)(F)CC(C)(CC)CC.CCC(C)(F)CC(C)(CC)CC.CCC(C)CC(C)(CC)CC.CCC(C)CC(C)(CC)CC.CCC(F)CC(C)(CC)CC. The zero-order valence-electron chi connectivity index (χ0n) is 96.4. The minimum Gasteiger partial charge on any atom is -0.380 e. The molecule has 0 radical (unpaired) electrons. The Hall–Kier alpha value is -0.460. The molecule has 1 nitrogen and oxygen atoms in total. The van der Waals surface area contributed by atoms with E-state index in [1.807, 2.05) is 27.7 Å². The van der Waals surface area contributed by atoms with Gasteiger partial charge in [0.1, 0.15) is 34.5 Å². The molecule has 0 aromatic rings. The molecule has 0 spiro atoms. The van der Waals surface area contributed by atoms with Crippen molar-refractivity contribution in [3.63, 3.8) is 0 Å². The lowest BCUT2D eigenvalue weighted by Crippen LogP contribution is -2.43. The summed E-state index contributed by atoms with van der Waals surface area (Å²) < 4.78 is 86.0. The van der Waals surface area contributed by atoms with E-state index in [4.69, 9.17) is 4.74 Å². The molecule has 6 atom stereocenters. The maximum absolute atomic E-state index is 13.7. The summed E-state index contributed by atoms with van der Waals surface area (Å²) in [6, 6.07) is 0. The molecule has 0 aromatic carbocycles. The molecule has 124 heavy (non-hydrogen) atoms. The van der Waals surface area contributed by atoms with Gasteiger partial charge in [-0.3, -0.25) is 0 Å². The van der Waals surface area contributed by atoms with Crippen molar-refractivity contribution >= 4 is 0 Å². The molecule has 1 aliphatic carbocycles. The predicted octanol–water partition coefficient (Wildman–Crippen LogP) is 44.5. The van der Waals surface area contributed by atoms with Crippen LogP contribution in [0.4, 0.5) is 26.3 Å². The van der Waals surface area contributed by atoms with Crippen LogP contribution in [-0.4, -0.2) is 47.7 Å². The van der Waals surface area contributed by atoms with E-state index in [0.717, 1.165) is 134 Å². The van der Waals surface area contributed by atoms with Crippen LogP contribution in [0.3, 0.4) is 0 Å². The van der Waals surface area contributed by atoms with Gasteiger partial charge in [-0.15, -0.1) is 0 Å². The summed E-state index contributed by atoms with van der Waals surface area (Å²) in [4.78, 5) is 0. The van der Waals surface area contributed by atoms with E-state index in [-0.39, 0.29) is 32.5 Å². The Morgan fingerprint density at radius 2 is 0.468 bits per heavy atom. The normalized spacial score (nSPS) is 16.6. The minimum atomic E-state index is -1.01. The summed E-state index contributed by atoms with van der Waals surface area (Å²) in [6.07, 6.45) is 43.4. The van der Waals surface area contributed by atoms with Crippen molar-refractivity contribution in [3.05, 3.63) is 0 Å². The Morgan fingerprint density at radius 1 is 0.258 bits per heavy atom. The first-order valence-electron chi connectivity index (χ1n) is 53.8. The van der Waals surface area contributed by atoms with E-state index >= 15 is 0 Å². The van der Waals surface area contributed by atoms with Gasteiger partial charge in [-0.1, -0.05) is 480 Å². The van der Waals surface area contributed by atoms with Gasteiger partial charge < -0.3 is 4.74 Å².